The lowest BCUT2D eigenvalue weighted by Gasteiger charge is -2.32. The average Bonchev–Trinajstić information content (AvgIpc) is 2.71. The van der Waals surface area contributed by atoms with Crippen LogP contribution in [0.15, 0.2) is 47.7 Å². The molecule has 2 aromatic rings. The summed E-state index contributed by atoms with van der Waals surface area (Å²) in [5.41, 5.74) is 3.75. The third-order valence-electron chi connectivity index (χ3n) is 4.60. The van der Waals surface area contributed by atoms with Gasteiger partial charge in [0.2, 0.25) is 0 Å². The van der Waals surface area contributed by atoms with Gasteiger partial charge in [-0.15, -0.1) is 0 Å². The average molecular weight is 368 g/mol. The van der Waals surface area contributed by atoms with Gasteiger partial charge in [0.15, 0.2) is 11.5 Å². The van der Waals surface area contributed by atoms with Crippen LogP contribution < -0.4 is 10.2 Å². The summed E-state index contributed by atoms with van der Waals surface area (Å²) < 4.78 is 5.07. The van der Waals surface area contributed by atoms with Crippen molar-refractivity contribution in [3.63, 3.8) is 0 Å². The second-order valence-electron chi connectivity index (χ2n) is 6.39. The minimum atomic E-state index is -0.484. The number of hydrazone groups is 1. The minimum Gasteiger partial charge on any atom is -0.504 e. The van der Waals surface area contributed by atoms with Gasteiger partial charge >= 0.3 is 0 Å². The summed E-state index contributed by atoms with van der Waals surface area (Å²) in [5.74, 6) is 0.0921. The molecule has 0 bridgehead atoms. The number of aromatic nitrogens is 1. The molecule has 27 heavy (non-hydrogen) atoms. The number of nitrogens with one attached hydrogen (secondary N) is 1. The molecular weight excluding hydrogens is 344 g/mol. The molecule has 1 aromatic heterocycles. The van der Waals surface area contributed by atoms with Crippen molar-refractivity contribution in [1.82, 2.24) is 15.3 Å². The van der Waals surface area contributed by atoms with Gasteiger partial charge in [0, 0.05) is 11.8 Å². The summed E-state index contributed by atoms with van der Waals surface area (Å²) in [4.78, 5) is 19.4. The molecule has 1 amide bonds. The number of nitrogens with zero attached hydrogens (tertiary/aromatic N) is 3. The second kappa shape index (κ2) is 9.14. The number of carbonyl (C=O) groups is 1. The van der Waals surface area contributed by atoms with Gasteiger partial charge < -0.3 is 9.84 Å². The van der Waals surface area contributed by atoms with Crippen LogP contribution in [0.3, 0.4) is 0 Å². The van der Waals surface area contributed by atoms with Crippen LogP contribution in [-0.4, -0.2) is 47.3 Å². The van der Waals surface area contributed by atoms with Gasteiger partial charge in [-0.05, 0) is 50.2 Å². The van der Waals surface area contributed by atoms with E-state index in [2.05, 4.69) is 20.4 Å². The monoisotopic (exact) mass is 368 g/mol. The van der Waals surface area contributed by atoms with E-state index in [1.54, 1.807) is 24.4 Å². The number of hydrogen-bond acceptors (Lipinski definition) is 6. The molecule has 1 aromatic carbocycles. The predicted molar refractivity (Wildman–Crippen MR) is 103 cm³/mol. The number of benzene rings is 1. The van der Waals surface area contributed by atoms with E-state index in [1.165, 1.54) is 19.7 Å². The lowest BCUT2D eigenvalue weighted by Crippen LogP contribution is -2.42. The third-order valence-corrected chi connectivity index (χ3v) is 4.60. The molecule has 1 aliphatic rings. The van der Waals surface area contributed by atoms with E-state index in [1.807, 2.05) is 18.2 Å². The Morgan fingerprint density at radius 3 is 2.78 bits per heavy atom. The van der Waals surface area contributed by atoms with Crippen LogP contribution in [0.1, 0.15) is 36.6 Å². The number of aromatic hydroxyl groups is 1. The van der Waals surface area contributed by atoms with Crippen molar-refractivity contribution in [2.75, 3.05) is 20.2 Å². The van der Waals surface area contributed by atoms with Crippen molar-refractivity contribution in [2.45, 2.75) is 25.3 Å². The van der Waals surface area contributed by atoms with Gasteiger partial charge in [-0.3, -0.25) is 14.7 Å². The van der Waals surface area contributed by atoms with Gasteiger partial charge in [-0.25, -0.2) is 5.43 Å². The lowest BCUT2D eigenvalue weighted by atomic mass is 10.1. The van der Waals surface area contributed by atoms with Crippen LogP contribution in [-0.2, 0) is 4.79 Å². The molecule has 0 radical (unpaired) electrons. The first-order valence-electron chi connectivity index (χ1n) is 9.04. The first kappa shape index (κ1) is 18.8. The zero-order valence-electron chi connectivity index (χ0n) is 15.3. The van der Waals surface area contributed by atoms with Crippen molar-refractivity contribution in [1.29, 1.82) is 0 Å². The number of likely N-dealkylation sites (tertiary alicyclic amines) is 1. The molecule has 0 saturated carbocycles. The maximum Gasteiger partial charge on any atom is 0.263 e. The van der Waals surface area contributed by atoms with Crippen LogP contribution >= 0.6 is 0 Å². The molecular formula is C20H24N4O3. The molecule has 1 atom stereocenters. The Labute approximate surface area is 158 Å². The Hall–Kier alpha value is -2.93. The number of pyridine rings is 1. The largest absolute Gasteiger partial charge is 0.504 e. The first-order chi connectivity index (χ1) is 13.2. The standard InChI is InChI=1S/C20H24N4O3/c1-27-17-10-7-8-15(19(17)25)14-22-23-20(26)18(16-9-3-4-11-21-16)24-12-5-2-6-13-24/h3-4,7-11,14,18,25H,2,5-6,12-13H2,1H3,(H,23,26)/b22-14+. The summed E-state index contributed by atoms with van der Waals surface area (Å²) in [7, 11) is 1.48. The fraction of sp³-hybridized carbons (Fsp3) is 0.350. The number of amides is 1. The molecule has 1 fully saturated rings. The zero-order valence-corrected chi connectivity index (χ0v) is 15.3. The Balaban J connectivity index is 1.75. The number of phenolic OH excluding ortho intramolecular Hbond substituents is 1. The van der Waals surface area contributed by atoms with E-state index in [-0.39, 0.29) is 11.7 Å². The Bertz CT molecular complexity index is 789. The predicted octanol–water partition coefficient (Wildman–Crippen LogP) is 2.47. The smallest absolute Gasteiger partial charge is 0.263 e. The molecule has 0 spiro atoms. The fourth-order valence-electron chi connectivity index (χ4n) is 3.24. The maximum atomic E-state index is 12.8. The normalized spacial score (nSPS) is 16.2. The molecule has 1 unspecified atom stereocenters. The summed E-state index contributed by atoms with van der Waals surface area (Å²) in [5, 5.41) is 14.1. The molecule has 0 aliphatic carbocycles. The number of methoxy groups -OCH3 is 1. The molecule has 2 heterocycles. The van der Waals surface area contributed by atoms with Crippen LogP contribution in [0, 0.1) is 0 Å². The summed E-state index contributed by atoms with van der Waals surface area (Å²) in [6.07, 6.45) is 6.41. The third kappa shape index (κ3) is 4.62. The van der Waals surface area contributed by atoms with Crippen molar-refractivity contribution < 1.29 is 14.6 Å². The molecule has 3 rings (SSSR count). The number of carbonyl (C=O) groups excluding carboxylic acids is 1. The topological polar surface area (TPSA) is 87.0 Å². The quantitative estimate of drug-likeness (QED) is 0.604. The molecule has 1 aliphatic heterocycles. The highest BCUT2D eigenvalue weighted by atomic mass is 16.5. The van der Waals surface area contributed by atoms with E-state index >= 15 is 0 Å². The number of para-hydroxylation sites is 1. The first-order valence-corrected chi connectivity index (χ1v) is 9.04. The fourth-order valence-corrected chi connectivity index (χ4v) is 3.24. The van der Waals surface area contributed by atoms with E-state index in [9.17, 15) is 9.90 Å². The van der Waals surface area contributed by atoms with E-state index in [0.717, 1.165) is 25.9 Å². The SMILES string of the molecule is COc1cccc(/C=N/NC(=O)C(c2ccccn2)N2CCCCC2)c1O. The number of hydrogen-bond donors (Lipinski definition) is 2. The van der Waals surface area contributed by atoms with Crippen LogP contribution in [0.5, 0.6) is 11.5 Å². The summed E-state index contributed by atoms with van der Waals surface area (Å²) in [6.45, 7) is 1.71. The van der Waals surface area contributed by atoms with Crippen molar-refractivity contribution in [2.24, 2.45) is 5.10 Å². The number of ether oxygens (including phenoxy) is 1. The van der Waals surface area contributed by atoms with Crippen molar-refractivity contribution >= 4 is 12.1 Å². The van der Waals surface area contributed by atoms with Gasteiger partial charge in [0.25, 0.3) is 5.91 Å². The Morgan fingerprint density at radius 1 is 1.26 bits per heavy atom. The Morgan fingerprint density at radius 2 is 2.07 bits per heavy atom. The van der Waals surface area contributed by atoms with Crippen LogP contribution in [0.2, 0.25) is 0 Å². The van der Waals surface area contributed by atoms with Gasteiger partial charge in [-0.2, -0.15) is 5.10 Å². The van der Waals surface area contributed by atoms with Gasteiger partial charge in [-0.1, -0.05) is 18.6 Å². The lowest BCUT2D eigenvalue weighted by molar-refractivity contribution is -0.127. The molecule has 7 nitrogen and oxygen atoms in total. The van der Waals surface area contributed by atoms with E-state index in [0.29, 0.717) is 17.0 Å². The highest BCUT2D eigenvalue weighted by molar-refractivity contribution is 5.87. The van der Waals surface area contributed by atoms with Crippen molar-refractivity contribution in [3.05, 3.63) is 53.9 Å². The van der Waals surface area contributed by atoms with E-state index in [4.69, 9.17) is 4.74 Å². The maximum absolute atomic E-state index is 12.8. The van der Waals surface area contributed by atoms with Gasteiger partial charge in [0.05, 0.1) is 19.0 Å². The second-order valence-corrected chi connectivity index (χ2v) is 6.39. The molecule has 1 saturated heterocycles. The minimum absolute atomic E-state index is 0.0182. The van der Waals surface area contributed by atoms with Crippen molar-refractivity contribution in [3.8, 4) is 11.5 Å². The molecule has 7 heteroatoms. The number of rotatable bonds is 6. The Kier molecular flexibility index (Phi) is 6.38. The molecule has 142 valence electrons. The van der Waals surface area contributed by atoms with Gasteiger partial charge in [0.1, 0.15) is 6.04 Å². The van der Waals surface area contributed by atoms with E-state index < -0.39 is 6.04 Å². The van der Waals surface area contributed by atoms with Crippen LogP contribution in [0.25, 0.3) is 0 Å². The highest BCUT2D eigenvalue weighted by Gasteiger charge is 2.29. The van der Waals surface area contributed by atoms with Crippen LogP contribution in [0.4, 0.5) is 0 Å². The summed E-state index contributed by atoms with van der Waals surface area (Å²) in [6, 6.07) is 10.2. The zero-order chi connectivity index (χ0) is 19.1. The number of piperidine rings is 1. The molecule has 2 N–H and O–H groups in total. The number of phenols is 1. The summed E-state index contributed by atoms with van der Waals surface area (Å²) >= 11 is 0. The highest BCUT2D eigenvalue weighted by Crippen LogP contribution is 2.28.